The zero-order valence-electron chi connectivity index (χ0n) is 11.4. The first-order valence-electron chi connectivity index (χ1n) is 5.90. The highest BCUT2D eigenvalue weighted by Crippen LogP contribution is 2.37. The lowest BCUT2D eigenvalue weighted by molar-refractivity contribution is 0.781. The maximum absolute atomic E-state index is 5.97. The molecule has 0 fully saturated rings. The van der Waals surface area contributed by atoms with Crippen molar-refractivity contribution in [3.8, 4) is 11.3 Å². The molecule has 0 unspecified atom stereocenters. The smallest absolute Gasteiger partial charge is 0.136 e. The summed E-state index contributed by atoms with van der Waals surface area (Å²) in [6.45, 7) is 8.53. The summed E-state index contributed by atoms with van der Waals surface area (Å²) in [6.07, 6.45) is 0. The lowest BCUT2D eigenvalue weighted by atomic mass is 9.92. The Labute approximate surface area is 116 Å². The molecule has 1 heterocycles. The van der Waals surface area contributed by atoms with E-state index in [-0.39, 0.29) is 0 Å². The highest BCUT2D eigenvalue weighted by atomic mass is 79.9. The molecule has 0 saturated carbocycles. The maximum atomic E-state index is 5.97. The molecule has 0 aliphatic rings. The number of halogens is 1. The molecular formula is C14H18BrN3. The summed E-state index contributed by atoms with van der Waals surface area (Å²) in [7, 11) is 1.86. The molecule has 96 valence electrons. The molecule has 18 heavy (non-hydrogen) atoms. The van der Waals surface area contributed by atoms with E-state index < -0.39 is 0 Å². The normalized spacial score (nSPS) is 11.0. The van der Waals surface area contributed by atoms with Gasteiger partial charge in [-0.05, 0) is 65.9 Å². The zero-order chi connectivity index (χ0) is 13.6. The Hall–Kier alpha value is -1.29. The fourth-order valence-electron chi connectivity index (χ4n) is 2.24. The van der Waals surface area contributed by atoms with E-state index >= 15 is 0 Å². The van der Waals surface area contributed by atoms with Crippen LogP contribution in [0.2, 0.25) is 0 Å². The summed E-state index contributed by atoms with van der Waals surface area (Å²) in [5.74, 6) is 0.656. The van der Waals surface area contributed by atoms with Crippen LogP contribution in [-0.4, -0.2) is 9.78 Å². The summed E-state index contributed by atoms with van der Waals surface area (Å²) >= 11 is 3.55. The SMILES string of the molecule is Cc1cc(C)c(C)c(-c2nn(C)c(N)c2Br)c1C. The molecule has 1 aromatic carbocycles. The van der Waals surface area contributed by atoms with Gasteiger partial charge in [-0.3, -0.25) is 4.68 Å². The van der Waals surface area contributed by atoms with Crippen LogP contribution in [0.5, 0.6) is 0 Å². The van der Waals surface area contributed by atoms with E-state index in [2.05, 4.69) is 54.8 Å². The van der Waals surface area contributed by atoms with Crippen molar-refractivity contribution in [3.63, 3.8) is 0 Å². The second-order valence-corrected chi connectivity index (χ2v) is 5.60. The molecule has 0 aliphatic heterocycles. The van der Waals surface area contributed by atoms with E-state index in [0.29, 0.717) is 5.82 Å². The Morgan fingerprint density at radius 2 is 1.61 bits per heavy atom. The molecule has 0 bridgehead atoms. The first-order valence-corrected chi connectivity index (χ1v) is 6.69. The second-order valence-electron chi connectivity index (χ2n) is 4.81. The van der Waals surface area contributed by atoms with Crippen molar-refractivity contribution in [2.45, 2.75) is 27.7 Å². The van der Waals surface area contributed by atoms with Crippen LogP contribution >= 0.6 is 15.9 Å². The van der Waals surface area contributed by atoms with Crippen molar-refractivity contribution in [1.29, 1.82) is 0 Å². The Bertz CT molecular complexity index is 600. The minimum atomic E-state index is 0.656. The number of nitrogens with zero attached hydrogens (tertiary/aromatic N) is 2. The van der Waals surface area contributed by atoms with Gasteiger partial charge < -0.3 is 5.73 Å². The Morgan fingerprint density at radius 3 is 2.00 bits per heavy atom. The molecule has 0 atom stereocenters. The minimum absolute atomic E-state index is 0.656. The van der Waals surface area contributed by atoms with Gasteiger partial charge >= 0.3 is 0 Å². The summed E-state index contributed by atoms with van der Waals surface area (Å²) in [4.78, 5) is 0. The van der Waals surface area contributed by atoms with Gasteiger partial charge in [0.1, 0.15) is 11.5 Å². The molecule has 2 rings (SSSR count). The molecule has 0 spiro atoms. The molecule has 0 aliphatic carbocycles. The molecule has 2 N–H and O–H groups in total. The van der Waals surface area contributed by atoms with Crippen LogP contribution in [0.15, 0.2) is 10.5 Å². The highest BCUT2D eigenvalue weighted by molar-refractivity contribution is 9.10. The van der Waals surface area contributed by atoms with Crippen LogP contribution in [0.25, 0.3) is 11.3 Å². The molecule has 0 radical (unpaired) electrons. The van der Waals surface area contributed by atoms with E-state index in [1.807, 2.05) is 7.05 Å². The number of aromatic nitrogens is 2. The van der Waals surface area contributed by atoms with Gasteiger partial charge in [-0.15, -0.1) is 0 Å². The predicted octanol–water partition coefficient (Wildman–Crippen LogP) is 3.67. The topological polar surface area (TPSA) is 43.8 Å². The molecule has 0 amide bonds. The number of benzene rings is 1. The third-order valence-electron chi connectivity index (χ3n) is 3.63. The lowest BCUT2D eigenvalue weighted by Gasteiger charge is -2.13. The van der Waals surface area contributed by atoms with Gasteiger partial charge in [-0.25, -0.2) is 0 Å². The Kier molecular flexibility index (Phi) is 3.23. The number of hydrogen-bond acceptors (Lipinski definition) is 2. The monoisotopic (exact) mass is 307 g/mol. The third-order valence-corrected chi connectivity index (χ3v) is 4.42. The van der Waals surface area contributed by atoms with E-state index in [1.54, 1.807) is 4.68 Å². The second kappa shape index (κ2) is 4.43. The van der Waals surface area contributed by atoms with Gasteiger partial charge in [-0.1, -0.05) is 6.07 Å². The summed E-state index contributed by atoms with van der Waals surface area (Å²) in [6, 6.07) is 2.22. The van der Waals surface area contributed by atoms with Crippen molar-refractivity contribution in [1.82, 2.24) is 9.78 Å². The molecule has 2 aromatic rings. The predicted molar refractivity (Wildman–Crippen MR) is 79.7 cm³/mol. The zero-order valence-corrected chi connectivity index (χ0v) is 13.0. The number of rotatable bonds is 1. The number of anilines is 1. The van der Waals surface area contributed by atoms with Crippen molar-refractivity contribution in [2.24, 2.45) is 7.05 Å². The molecular weight excluding hydrogens is 290 g/mol. The van der Waals surface area contributed by atoms with Crippen molar-refractivity contribution < 1.29 is 0 Å². The van der Waals surface area contributed by atoms with Gasteiger partial charge in [0.15, 0.2) is 0 Å². The fourth-order valence-corrected chi connectivity index (χ4v) is 2.78. The van der Waals surface area contributed by atoms with Crippen LogP contribution < -0.4 is 5.73 Å². The minimum Gasteiger partial charge on any atom is -0.383 e. The first-order chi connectivity index (χ1) is 8.34. The molecule has 3 nitrogen and oxygen atoms in total. The van der Waals surface area contributed by atoms with Crippen LogP contribution in [0, 0.1) is 27.7 Å². The van der Waals surface area contributed by atoms with Gasteiger partial charge in [0, 0.05) is 12.6 Å². The average molecular weight is 308 g/mol. The fraction of sp³-hybridized carbons (Fsp3) is 0.357. The molecule has 1 aromatic heterocycles. The number of nitrogen functional groups attached to an aromatic ring is 1. The van der Waals surface area contributed by atoms with E-state index in [4.69, 9.17) is 5.73 Å². The van der Waals surface area contributed by atoms with Gasteiger partial charge in [0.05, 0.1) is 4.47 Å². The standard InChI is InChI=1S/C14H18BrN3/c1-7-6-8(2)10(4)11(9(7)3)13-12(15)14(16)18(5)17-13/h6H,16H2,1-5H3. The summed E-state index contributed by atoms with van der Waals surface area (Å²) < 4.78 is 2.58. The molecule has 0 saturated heterocycles. The van der Waals surface area contributed by atoms with Gasteiger partial charge in [0.25, 0.3) is 0 Å². The van der Waals surface area contributed by atoms with Gasteiger partial charge in [0.2, 0.25) is 0 Å². The van der Waals surface area contributed by atoms with Gasteiger partial charge in [-0.2, -0.15) is 5.10 Å². The quantitative estimate of drug-likeness (QED) is 0.873. The van der Waals surface area contributed by atoms with Crippen molar-refractivity contribution in [2.75, 3.05) is 5.73 Å². The van der Waals surface area contributed by atoms with E-state index in [9.17, 15) is 0 Å². The largest absolute Gasteiger partial charge is 0.383 e. The van der Waals surface area contributed by atoms with Crippen molar-refractivity contribution in [3.05, 3.63) is 32.8 Å². The summed E-state index contributed by atoms with van der Waals surface area (Å²) in [5.41, 5.74) is 13.2. The average Bonchev–Trinajstić information content (AvgIpc) is 2.55. The van der Waals surface area contributed by atoms with Crippen LogP contribution in [0.4, 0.5) is 5.82 Å². The number of aryl methyl sites for hydroxylation is 3. The maximum Gasteiger partial charge on any atom is 0.136 e. The van der Waals surface area contributed by atoms with E-state index in [1.165, 1.54) is 27.8 Å². The first kappa shape index (κ1) is 13.1. The number of nitrogens with two attached hydrogens (primary N) is 1. The Balaban J connectivity index is 2.82. The van der Waals surface area contributed by atoms with Crippen LogP contribution in [0.1, 0.15) is 22.3 Å². The Morgan fingerprint density at radius 1 is 1.11 bits per heavy atom. The summed E-state index contributed by atoms with van der Waals surface area (Å²) in [5, 5.41) is 4.53. The van der Waals surface area contributed by atoms with Crippen LogP contribution in [0.3, 0.4) is 0 Å². The third kappa shape index (κ3) is 1.85. The number of hydrogen-bond donors (Lipinski definition) is 1. The van der Waals surface area contributed by atoms with Crippen LogP contribution in [-0.2, 0) is 7.05 Å². The van der Waals surface area contributed by atoms with Crippen molar-refractivity contribution >= 4 is 21.7 Å². The highest BCUT2D eigenvalue weighted by Gasteiger charge is 2.18. The lowest BCUT2D eigenvalue weighted by Crippen LogP contribution is -1.98. The van der Waals surface area contributed by atoms with E-state index in [0.717, 1.165) is 10.2 Å². The molecule has 4 heteroatoms.